The van der Waals surface area contributed by atoms with E-state index in [-0.39, 0.29) is 11.8 Å². The number of oxazole rings is 1. The summed E-state index contributed by atoms with van der Waals surface area (Å²) in [6, 6.07) is 9.68. The van der Waals surface area contributed by atoms with Crippen LogP contribution in [0.3, 0.4) is 0 Å². The Labute approximate surface area is 183 Å². The SMILES string of the molecule is CN(C(=O)c1n[nH]c2c1CN(C(=O)c1cc3ccccc3[nH]1)CC2)C1(c2cocn2)CC1. The molecule has 3 aromatic heterocycles. The van der Waals surface area contributed by atoms with Gasteiger partial charge in [0.2, 0.25) is 0 Å². The highest BCUT2D eigenvalue weighted by molar-refractivity contribution is 5.99. The average Bonchev–Trinajstić information content (AvgIpc) is 3.20. The molecule has 9 heteroatoms. The largest absolute Gasteiger partial charge is 0.451 e. The number of para-hydroxylation sites is 1. The number of benzene rings is 1. The second-order valence-electron chi connectivity index (χ2n) is 8.55. The first kappa shape index (κ1) is 18.9. The van der Waals surface area contributed by atoms with Gasteiger partial charge in [-0.25, -0.2) is 4.98 Å². The van der Waals surface area contributed by atoms with E-state index >= 15 is 0 Å². The zero-order valence-electron chi connectivity index (χ0n) is 17.6. The number of H-pyrrole nitrogens is 2. The van der Waals surface area contributed by atoms with E-state index in [0.29, 0.717) is 30.9 Å². The molecular formula is C23H22N6O3. The highest BCUT2D eigenvalue weighted by Gasteiger charge is 2.52. The van der Waals surface area contributed by atoms with E-state index in [9.17, 15) is 9.59 Å². The number of fused-ring (bicyclic) bond motifs is 2. The van der Waals surface area contributed by atoms with E-state index in [1.165, 1.54) is 6.39 Å². The minimum Gasteiger partial charge on any atom is -0.451 e. The molecule has 1 aliphatic carbocycles. The van der Waals surface area contributed by atoms with E-state index < -0.39 is 5.54 Å². The van der Waals surface area contributed by atoms with Gasteiger partial charge in [0, 0.05) is 42.2 Å². The van der Waals surface area contributed by atoms with E-state index in [1.54, 1.807) is 23.1 Å². The molecule has 1 aliphatic heterocycles. The van der Waals surface area contributed by atoms with Gasteiger partial charge in [-0.1, -0.05) is 18.2 Å². The molecule has 0 atom stereocenters. The lowest BCUT2D eigenvalue weighted by Gasteiger charge is -2.29. The first-order chi connectivity index (χ1) is 15.6. The second kappa shape index (κ2) is 6.81. The molecule has 2 aliphatic rings. The minimum absolute atomic E-state index is 0.0823. The number of amides is 2. The Morgan fingerprint density at radius 3 is 2.84 bits per heavy atom. The lowest BCUT2D eigenvalue weighted by atomic mass is 10.0. The topological polar surface area (TPSA) is 111 Å². The van der Waals surface area contributed by atoms with Crippen LogP contribution < -0.4 is 0 Å². The number of hydrogen-bond donors (Lipinski definition) is 2. The molecule has 1 aromatic carbocycles. The van der Waals surface area contributed by atoms with Gasteiger partial charge in [0.15, 0.2) is 12.1 Å². The zero-order valence-corrected chi connectivity index (χ0v) is 17.6. The third kappa shape index (κ3) is 2.77. The highest BCUT2D eigenvalue weighted by atomic mass is 16.3. The summed E-state index contributed by atoms with van der Waals surface area (Å²) in [5.74, 6) is -0.260. The van der Waals surface area contributed by atoms with Crippen molar-refractivity contribution in [2.24, 2.45) is 0 Å². The Morgan fingerprint density at radius 2 is 2.09 bits per heavy atom. The molecule has 4 aromatic rings. The van der Waals surface area contributed by atoms with Gasteiger partial charge in [0.1, 0.15) is 17.7 Å². The summed E-state index contributed by atoms with van der Waals surface area (Å²) in [4.78, 5) is 37.5. The van der Waals surface area contributed by atoms with Gasteiger partial charge in [-0.05, 0) is 25.0 Å². The fraction of sp³-hybridized carbons (Fsp3) is 0.304. The molecule has 9 nitrogen and oxygen atoms in total. The van der Waals surface area contributed by atoms with Crippen molar-refractivity contribution in [1.82, 2.24) is 30.0 Å². The predicted molar refractivity (Wildman–Crippen MR) is 115 cm³/mol. The lowest BCUT2D eigenvalue weighted by Crippen LogP contribution is -2.40. The quantitative estimate of drug-likeness (QED) is 0.517. The number of carbonyl (C=O) groups is 2. The standard InChI is InChI=1S/C23H22N6O3/c1-28(23(7-8-23)19-12-32-13-24-19)22(31)20-15-11-29(9-6-17(15)26-27-20)21(30)18-10-14-4-2-3-5-16(14)25-18/h2-5,10,12-13,25H,6-9,11H2,1H3,(H,26,27). The Balaban J connectivity index is 1.26. The van der Waals surface area contributed by atoms with Gasteiger partial charge in [0.25, 0.3) is 11.8 Å². The number of aromatic amines is 2. The van der Waals surface area contributed by atoms with Crippen molar-refractivity contribution in [1.29, 1.82) is 0 Å². The molecule has 2 N–H and O–H groups in total. The molecule has 0 bridgehead atoms. The zero-order chi connectivity index (χ0) is 21.9. The fourth-order valence-corrected chi connectivity index (χ4v) is 4.68. The number of nitrogens with zero attached hydrogens (tertiary/aromatic N) is 4. The van der Waals surface area contributed by atoms with Crippen LogP contribution in [0.25, 0.3) is 10.9 Å². The van der Waals surface area contributed by atoms with Crippen molar-refractivity contribution < 1.29 is 14.0 Å². The van der Waals surface area contributed by atoms with Crippen molar-refractivity contribution in [2.75, 3.05) is 13.6 Å². The van der Waals surface area contributed by atoms with Crippen molar-refractivity contribution in [3.05, 3.63) is 71.3 Å². The first-order valence-electron chi connectivity index (χ1n) is 10.7. The number of aromatic nitrogens is 4. The third-order valence-electron chi connectivity index (χ3n) is 6.76. The lowest BCUT2D eigenvalue weighted by molar-refractivity contribution is 0.0678. The maximum absolute atomic E-state index is 13.4. The molecule has 2 amide bonds. The first-order valence-corrected chi connectivity index (χ1v) is 10.7. The molecule has 0 spiro atoms. The van der Waals surface area contributed by atoms with E-state index in [4.69, 9.17) is 4.42 Å². The molecule has 6 rings (SSSR count). The van der Waals surface area contributed by atoms with Crippen LogP contribution in [-0.4, -0.2) is 55.4 Å². The van der Waals surface area contributed by atoms with Crippen molar-refractivity contribution in [2.45, 2.75) is 31.3 Å². The summed E-state index contributed by atoms with van der Waals surface area (Å²) in [5, 5.41) is 8.35. The van der Waals surface area contributed by atoms with Crippen molar-refractivity contribution in [3.63, 3.8) is 0 Å². The molecule has 4 heterocycles. The van der Waals surface area contributed by atoms with E-state index in [1.807, 2.05) is 30.3 Å². The van der Waals surface area contributed by atoms with E-state index in [0.717, 1.165) is 40.7 Å². The maximum atomic E-state index is 13.4. The minimum atomic E-state index is -0.440. The van der Waals surface area contributed by atoms with Gasteiger partial charge in [-0.15, -0.1) is 0 Å². The van der Waals surface area contributed by atoms with Gasteiger partial charge in [0.05, 0.1) is 12.1 Å². The summed E-state index contributed by atoms with van der Waals surface area (Å²) >= 11 is 0. The summed E-state index contributed by atoms with van der Waals surface area (Å²) in [5.41, 5.74) is 3.86. The smallest absolute Gasteiger partial charge is 0.275 e. The second-order valence-corrected chi connectivity index (χ2v) is 8.55. The molecule has 0 radical (unpaired) electrons. The van der Waals surface area contributed by atoms with Crippen LogP contribution in [-0.2, 0) is 18.5 Å². The Hall–Kier alpha value is -3.88. The molecule has 162 valence electrons. The van der Waals surface area contributed by atoms with E-state index in [2.05, 4.69) is 20.2 Å². The van der Waals surface area contributed by atoms with Crippen LogP contribution >= 0.6 is 0 Å². The van der Waals surface area contributed by atoms with Gasteiger partial charge < -0.3 is 19.2 Å². The van der Waals surface area contributed by atoms with Crippen LogP contribution in [0.4, 0.5) is 0 Å². The summed E-state index contributed by atoms with van der Waals surface area (Å²) in [6.07, 6.45) is 5.27. The van der Waals surface area contributed by atoms with Crippen LogP contribution in [0, 0.1) is 0 Å². The predicted octanol–water partition coefficient (Wildman–Crippen LogP) is 2.84. The number of carbonyl (C=O) groups excluding carboxylic acids is 2. The molecule has 1 fully saturated rings. The monoisotopic (exact) mass is 430 g/mol. The number of hydrogen-bond acceptors (Lipinski definition) is 5. The Morgan fingerprint density at radius 1 is 1.25 bits per heavy atom. The third-order valence-corrected chi connectivity index (χ3v) is 6.76. The normalized spacial score (nSPS) is 16.7. The van der Waals surface area contributed by atoms with Crippen LogP contribution in [0.2, 0.25) is 0 Å². The van der Waals surface area contributed by atoms with Crippen LogP contribution in [0.5, 0.6) is 0 Å². The summed E-state index contributed by atoms with van der Waals surface area (Å²) in [6.45, 7) is 0.904. The molecule has 1 saturated carbocycles. The van der Waals surface area contributed by atoms with Gasteiger partial charge in [-0.3, -0.25) is 14.7 Å². The fourth-order valence-electron chi connectivity index (χ4n) is 4.68. The van der Waals surface area contributed by atoms with Crippen molar-refractivity contribution >= 4 is 22.7 Å². The number of rotatable bonds is 4. The maximum Gasteiger partial charge on any atom is 0.275 e. The number of nitrogens with one attached hydrogen (secondary N) is 2. The molecule has 0 unspecified atom stereocenters. The summed E-state index contributed by atoms with van der Waals surface area (Å²) < 4.78 is 5.14. The molecule has 32 heavy (non-hydrogen) atoms. The van der Waals surface area contributed by atoms with Crippen LogP contribution in [0.1, 0.15) is 50.8 Å². The van der Waals surface area contributed by atoms with Gasteiger partial charge in [-0.2, -0.15) is 5.10 Å². The van der Waals surface area contributed by atoms with Crippen molar-refractivity contribution in [3.8, 4) is 0 Å². The Bertz CT molecular complexity index is 1300. The molecular weight excluding hydrogens is 408 g/mol. The molecule has 0 saturated heterocycles. The Kier molecular flexibility index (Phi) is 4.01. The summed E-state index contributed by atoms with van der Waals surface area (Å²) in [7, 11) is 1.78. The average molecular weight is 430 g/mol. The van der Waals surface area contributed by atoms with Crippen LogP contribution in [0.15, 0.2) is 47.4 Å². The highest BCUT2D eigenvalue weighted by Crippen LogP contribution is 2.50. The van der Waals surface area contributed by atoms with Gasteiger partial charge >= 0.3 is 0 Å².